The molecular weight excluding hydrogens is 381 g/mol. The lowest BCUT2D eigenvalue weighted by atomic mass is 9.76. The van der Waals surface area contributed by atoms with Gasteiger partial charge < -0.3 is 14.2 Å². The van der Waals surface area contributed by atoms with Crippen molar-refractivity contribution in [2.45, 2.75) is 37.9 Å². The third-order valence-corrected chi connectivity index (χ3v) is 6.61. The molecule has 1 heterocycles. The second-order valence-electron chi connectivity index (χ2n) is 8.36. The van der Waals surface area contributed by atoms with Crippen molar-refractivity contribution in [1.82, 2.24) is 4.98 Å². The van der Waals surface area contributed by atoms with Gasteiger partial charge in [-0.3, -0.25) is 4.98 Å². The van der Waals surface area contributed by atoms with Gasteiger partial charge in [0.1, 0.15) is 12.6 Å². The van der Waals surface area contributed by atoms with E-state index in [0.717, 1.165) is 42.5 Å². The highest BCUT2D eigenvalue weighted by atomic mass is 19.1. The first-order valence-corrected chi connectivity index (χ1v) is 10.7. The Balaban J connectivity index is 1.42. The molecule has 1 aromatic carbocycles. The largest absolute Gasteiger partial charge is 0.381 e. The Kier molecular flexibility index (Phi) is 6.93. The molecule has 4 rings (SSSR count). The third kappa shape index (κ3) is 4.80. The number of methoxy groups -OCH3 is 2. The number of fused-ring (bicyclic) bond motifs is 1. The number of pyridine rings is 1. The Morgan fingerprint density at radius 2 is 2.00 bits per heavy atom. The summed E-state index contributed by atoms with van der Waals surface area (Å²) in [6.45, 7) is 0.371. The summed E-state index contributed by atoms with van der Waals surface area (Å²) in [5.74, 6) is 1.41. The van der Waals surface area contributed by atoms with Crippen LogP contribution in [0.3, 0.4) is 0 Å². The molecule has 2 aromatic rings. The summed E-state index contributed by atoms with van der Waals surface area (Å²) in [6.07, 6.45) is 11.1. The van der Waals surface area contributed by atoms with Gasteiger partial charge in [0.2, 0.25) is 0 Å². The highest BCUT2D eigenvalue weighted by Gasteiger charge is 2.45. The van der Waals surface area contributed by atoms with E-state index in [-0.39, 0.29) is 11.9 Å². The van der Waals surface area contributed by atoms with Crippen LogP contribution in [0.4, 0.5) is 4.39 Å². The first-order chi connectivity index (χ1) is 14.7. The van der Waals surface area contributed by atoms with Crippen LogP contribution in [0.15, 0.2) is 48.7 Å². The average Bonchev–Trinajstić information content (AvgIpc) is 3.13. The molecule has 2 saturated carbocycles. The first-order valence-electron chi connectivity index (χ1n) is 10.7. The number of benzene rings is 1. The van der Waals surface area contributed by atoms with Gasteiger partial charge in [0.25, 0.3) is 0 Å². The van der Waals surface area contributed by atoms with Gasteiger partial charge in [-0.15, -0.1) is 0 Å². The van der Waals surface area contributed by atoms with Crippen LogP contribution in [0, 0.1) is 23.6 Å². The summed E-state index contributed by atoms with van der Waals surface area (Å²) >= 11 is 0. The number of ether oxygens (including phenoxy) is 3. The second kappa shape index (κ2) is 9.82. The molecule has 0 radical (unpaired) electrons. The second-order valence-corrected chi connectivity index (χ2v) is 8.36. The van der Waals surface area contributed by atoms with Crippen molar-refractivity contribution < 1.29 is 18.6 Å². The Morgan fingerprint density at radius 3 is 2.73 bits per heavy atom. The summed E-state index contributed by atoms with van der Waals surface area (Å²) in [6, 6.07) is 10.6. The summed E-state index contributed by atoms with van der Waals surface area (Å²) in [5, 5.41) is 0. The molecule has 0 spiro atoms. The van der Waals surface area contributed by atoms with Gasteiger partial charge in [0.15, 0.2) is 0 Å². The molecule has 0 bridgehead atoms. The van der Waals surface area contributed by atoms with E-state index in [2.05, 4.69) is 17.1 Å². The van der Waals surface area contributed by atoms with Crippen LogP contribution < -0.4 is 0 Å². The van der Waals surface area contributed by atoms with Gasteiger partial charge in [-0.2, -0.15) is 0 Å². The average molecular weight is 412 g/mol. The zero-order valence-corrected chi connectivity index (χ0v) is 17.7. The van der Waals surface area contributed by atoms with Crippen LogP contribution in [0.25, 0.3) is 17.2 Å². The highest BCUT2D eigenvalue weighted by Crippen LogP contribution is 2.48. The quantitative estimate of drug-likeness (QED) is 0.577. The fourth-order valence-corrected chi connectivity index (χ4v) is 5.14. The molecule has 2 fully saturated rings. The Labute approximate surface area is 178 Å². The van der Waals surface area contributed by atoms with Crippen LogP contribution in [0.2, 0.25) is 0 Å². The maximum absolute atomic E-state index is 13.5. The number of hydrogen-bond acceptors (Lipinski definition) is 4. The highest BCUT2D eigenvalue weighted by molar-refractivity contribution is 5.63. The lowest BCUT2D eigenvalue weighted by molar-refractivity contribution is -0.0930. The minimum atomic E-state index is -0.236. The van der Waals surface area contributed by atoms with E-state index in [1.165, 1.54) is 12.1 Å². The Morgan fingerprint density at radius 1 is 1.10 bits per heavy atom. The minimum Gasteiger partial charge on any atom is -0.381 e. The zero-order valence-electron chi connectivity index (χ0n) is 17.7. The molecule has 5 heteroatoms. The lowest BCUT2D eigenvalue weighted by Crippen LogP contribution is -2.29. The molecule has 0 N–H and O–H groups in total. The Bertz CT molecular complexity index is 854. The van der Waals surface area contributed by atoms with Crippen molar-refractivity contribution >= 4 is 6.08 Å². The minimum absolute atomic E-state index is 0.236. The van der Waals surface area contributed by atoms with Crippen molar-refractivity contribution in [3.05, 3.63) is 60.2 Å². The van der Waals surface area contributed by atoms with E-state index in [9.17, 15) is 4.39 Å². The lowest BCUT2D eigenvalue weighted by Gasteiger charge is -2.33. The molecule has 5 atom stereocenters. The van der Waals surface area contributed by atoms with Crippen molar-refractivity contribution in [2.75, 3.05) is 21.0 Å². The topological polar surface area (TPSA) is 40.6 Å². The summed E-state index contributed by atoms with van der Waals surface area (Å²) in [7, 11) is 3.48. The van der Waals surface area contributed by atoms with E-state index in [1.54, 1.807) is 19.4 Å². The van der Waals surface area contributed by atoms with E-state index in [4.69, 9.17) is 14.2 Å². The number of rotatable bonds is 7. The smallest absolute Gasteiger partial charge is 0.146 e. The van der Waals surface area contributed by atoms with Crippen LogP contribution in [-0.4, -0.2) is 38.2 Å². The van der Waals surface area contributed by atoms with Gasteiger partial charge in [-0.25, -0.2) is 4.39 Å². The number of nitrogens with zero attached hydrogens (tertiary/aromatic N) is 1. The normalized spacial score (nSPS) is 28.7. The number of aromatic nitrogens is 1. The molecule has 0 unspecified atom stereocenters. The van der Waals surface area contributed by atoms with E-state index in [0.29, 0.717) is 30.7 Å². The predicted octanol–water partition coefficient (Wildman–Crippen LogP) is 5.34. The van der Waals surface area contributed by atoms with Gasteiger partial charge in [-0.1, -0.05) is 24.3 Å². The van der Waals surface area contributed by atoms with E-state index in [1.807, 2.05) is 25.3 Å². The first kappa shape index (κ1) is 21.2. The van der Waals surface area contributed by atoms with Crippen molar-refractivity contribution in [2.24, 2.45) is 17.8 Å². The molecule has 2 aliphatic carbocycles. The monoisotopic (exact) mass is 411 g/mol. The molecule has 2 aliphatic rings. The van der Waals surface area contributed by atoms with E-state index >= 15 is 0 Å². The fourth-order valence-electron chi connectivity index (χ4n) is 5.14. The summed E-state index contributed by atoms with van der Waals surface area (Å²) < 4.78 is 30.2. The molecule has 4 nitrogen and oxygen atoms in total. The summed E-state index contributed by atoms with van der Waals surface area (Å²) in [5.41, 5.74) is 2.66. The van der Waals surface area contributed by atoms with Crippen LogP contribution in [-0.2, 0) is 14.2 Å². The number of halogens is 1. The van der Waals surface area contributed by atoms with Crippen molar-refractivity contribution in [3.8, 4) is 11.1 Å². The fraction of sp³-hybridized carbons (Fsp3) is 0.480. The zero-order chi connectivity index (χ0) is 20.9. The molecule has 30 heavy (non-hydrogen) atoms. The molecule has 1 aromatic heterocycles. The van der Waals surface area contributed by atoms with Crippen LogP contribution in [0.1, 0.15) is 31.4 Å². The van der Waals surface area contributed by atoms with Crippen LogP contribution in [0.5, 0.6) is 0 Å². The van der Waals surface area contributed by atoms with Crippen molar-refractivity contribution in [1.29, 1.82) is 0 Å². The van der Waals surface area contributed by atoms with Crippen molar-refractivity contribution in [3.63, 3.8) is 0 Å². The van der Waals surface area contributed by atoms with Gasteiger partial charge in [0.05, 0.1) is 17.9 Å². The van der Waals surface area contributed by atoms with E-state index < -0.39 is 0 Å². The molecule has 160 valence electrons. The molecule has 0 saturated heterocycles. The maximum Gasteiger partial charge on any atom is 0.146 e. The Hall–Kier alpha value is -2.08. The SMILES string of the molecule is COCO[C@@H]1CC[C@@H]2[C@H](C1)C[C@H](OC)[C@H]2C=Cc1ccc(-c2cccc(F)c2)cn1. The van der Waals surface area contributed by atoms with Gasteiger partial charge in [0, 0.05) is 31.9 Å². The van der Waals surface area contributed by atoms with Gasteiger partial charge >= 0.3 is 0 Å². The molecule has 0 amide bonds. The molecule has 0 aliphatic heterocycles. The van der Waals surface area contributed by atoms with Gasteiger partial charge in [-0.05, 0) is 67.4 Å². The number of hydrogen-bond donors (Lipinski definition) is 0. The maximum atomic E-state index is 13.5. The summed E-state index contributed by atoms with van der Waals surface area (Å²) in [4.78, 5) is 4.56. The van der Waals surface area contributed by atoms with Crippen LogP contribution >= 0.6 is 0 Å². The third-order valence-electron chi connectivity index (χ3n) is 6.61. The predicted molar refractivity (Wildman–Crippen MR) is 115 cm³/mol. The standard InChI is InChI=1S/C25H30FNO3/c1-28-16-30-22-9-11-23-19(13-22)14-25(29-2)24(23)10-8-21-7-6-18(15-27-21)17-4-3-5-20(26)12-17/h3-8,10,12,15,19,22-25H,9,11,13-14,16H2,1-2H3/t19-,22-,23-,24+,25+/m1/s1. The molecular formula is C25H30FNO3.